The highest BCUT2D eigenvalue weighted by Crippen LogP contribution is 2.12. The lowest BCUT2D eigenvalue weighted by Gasteiger charge is -2.15. The second kappa shape index (κ2) is 11.0. The van der Waals surface area contributed by atoms with Crippen LogP contribution in [0.2, 0.25) is 0 Å². The van der Waals surface area contributed by atoms with Crippen LogP contribution in [-0.4, -0.2) is 62.6 Å². The molecular weight excluding hydrogens is 326 g/mol. The van der Waals surface area contributed by atoms with Crippen molar-refractivity contribution in [2.45, 2.75) is 13.0 Å². The number of benzene rings is 1. The summed E-state index contributed by atoms with van der Waals surface area (Å²) in [5.74, 6) is 0.436. The summed E-state index contributed by atoms with van der Waals surface area (Å²) in [4.78, 5) is 27.8. The van der Waals surface area contributed by atoms with Gasteiger partial charge in [-0.1, -0.05) is 12.1 Å². The zero-order valence-corrected chi connectivity index (χ0v) is 14.8. The number of likely N-dealkylation sites (N-methyl/N-ethyl adjacent to an activating group) is 1. The number of hydrogen-bond acceptors (Lipinski definition) is 5. The van der Waals surface area contributed by atoms with E-state index in [1.165, 1.54) is 17.0 Å². The fourth-order valence-corrected chi connectivity index (χ4v) is 1.81. The number of nitro groups is 1. The second-order valence-corrected chi connectivity index (χ2v) is 5.50. The average molecular weight is 351 g/mol. The Morgan fingerprint density at radius 2 is 1.96 bits per heavy atom. The topological polar surface area (TPSA) is 109 Å². The van der Waals surface area contributed by atoms with E-state index in [-0.39, 0.29) is 18.1 Å². The van der Waals surface area contributed by atoms with Gasteiger partial charge in [0.25, 0.3) is 5.69 Å². The first kappa shape index (κ1) is 20.4. The van der Waals surface area contributed by atoms with E-state index < -0.39 is 4.92 Å². The molecule has 1 aromatic carbocycles. The highest BCUT2D eigenvalue weighted by molar-refractivity contribution is 5.86. The number of aliphatic imine (C=N–C) groups is 1. The van der Waals surface area contributed by atoms with Crippen molar-refractivity contribution in [1.29, 1.82) is 0 Å². The molecule has 0 radical (unpaired) electrons. The number of ether oxygens (including phenoxy) is 1. The van der Waals surface area contributed by atoms with Crippen molar-refractivity contribution >= 4 is 17.6 Å². The molecule has 0 aliphatic heterocycles. The van der Waals surface area contributed by atoms with Gasteiger partial charge in [0, 0.05) is 46.5 Å². The summed E-state index contributed by atoms with van der Waals surface area (Å²) >= 11 is 0. The maximum Gasteiger partial charge on any atom is 0.269 e. The Hall–Kier alpha value is -2.68. The highest BCUT2D eigenvalue weighted by atomic mass is 16.6. The summed E-state index contributed by atoms with van der Waals surface area (Å²) in [6.07, 6.45) is 0.802. The molecule has 25 heavy (non-hydrogen) atoms. The van der Waals surface area contributed by atoms with Gasteiger partial charge in [-0.15, -0.1) is 0 Å². The average Bonchev–Trinajstić information content (AvgIpc) is 2.60. The second-order valence-electron chi connectivity index (χ2n) is 5.50. The van der Waals surface area contributed by atoms with Crippen LogP contribution in [0.3, 0.4) is 0 Å². The molecular formula is C16H25N5O4. The van der Waals surface area contributed by atoms with E-state index in [9.17, 15) is 14.9 Å². The number of guanidine groups is 1. The number of carbonyl (C=O) groups is 1. The molecule has 9 nitrogen and oxygen atoms in total. The van der Waals surface area contributed by atoms with Gasteiger partial charge in [-0.3, -0.25) is 14.9 Å². The standard InChI is InChI=1S/C16H25N5O4/c1-20(2)15(22)12-19-16(17-9-4-10-25-3)18-11-13-5-7-14(8-6-13)21(23)24/h5-8H,4,9-12H2,1-3H3,(H2,17,18,19). The molecule has 1 rings (SSSR count). The maximum absolute atomic E-state index is 11.7. The van der Waals surface area contributed by atoms with Gasteiger partial charge < -0.3 is 20.3 Å². The minimum absolute atomic E-state index is 0.0420. The van der Waals surface area contributed by atoms with E-state index in [4.69, 9.17) is 4.74 Å². The molecule has 0 bridgehead atoms. The van der Waals surface area contributed by atoms with E-state index in [2.05, 4.69) is 15.6 Å². The number of nitro benzene ring substituents is 1. The van der Waals surface area contributed by atoms with Crippen molar-refractivity contribution in [2.24, 2.45) is 4.99 Å². The van der Waals surface area contributed by atoms with Crippen molar-refractivity contribution in [1.82, 2.24) is 15.5 Å². The molecule has 0 aromatic heterocycles. The van der Waals surface area contributed by atoms with E-state index in [1.54, 1.807) is 33.3 Å². The third-order valence-corrected chi connectivity index (χ3v) is 3.29. The van der Waals surface area contributed by atoms with Crippen LogP contribution in [0.1, 0.15) is 12.0 Å². The Bertz CT molecular complexity index is 587. The van der Waals surface area contributed by atoms with Crippen LogP contribution < -0.4 is 10.6 Å². The quantitative estimate of drug-likeness (QED) is 0.223. The monoisotopic (exact) mass is 351 g/mol. The Morgan fingerprint density at radius 1 is 1.28 bits per heavy atom. The molecule has 138 valence electrons. The minimum Gasteiger partial charge on any atom is -0.385 e. The summed E-state index contributed by atoms with van der Waals surface area (Å²) in [5, 5.41) is 16.8. The molecule has 2 N–H and O–H groups in total. The first-order valence-corrected chi connectivity index (χ1v) is 7.88. The summed E-state index contributed by atoms with van der Waals surface area (Å²) in [6.45, 7) is 1.74. The molecule has 0 saturated heterocycles. The third-order valence-electron chi connectivity index (χ3n) is 3.29. The van der Waals surface area contributed by atoms with Crippen LogP contribution in [0.25, 0.3) is 0 Å². The Labute approximate surface area is 147 Å². The molecule has 0 saturated carbocycles. The number of rotatable bonds is 9. The van der Waals surface area contributed by atoms with Crippen molar-refractivity contribution in [2.75, 3.05) is 40.9 Å². The highest BCUT2D eigenvalue weighted by Gasteiger charge is 2.07. The number of amides is 1. The Morgan fingerprint density at radius 3 is 2.52 bits per heavy atom. The van der Waals surface area contributed by atoms with Crippen LogP contribution in [0.15, 0.2) is 29.3 Å². The zero-order chi connectivity index (χ0) is 18.7. The molecule has 0 fully saturated rings. The SMILES string of the molecule is COCCCNC(=NCc1ccc([N+](=O)[O-])cc1)NCC(=O)N(C)C. The van der Waals surface area contributed by atoms with Crippen LogP contribution in [0.4, 0.5) is 5.69 Å². The fourth-order valence-electron chi connectivity index (χ4n) is 1.81. The summed E-state index contributed by atoms with van der Waals surface area (Å²) in [5.41, 5.74) is 0.878. The largest absolute Gasteiger partial charge is 0.385 e. The smallest absolute Gasteiger partial charge is 0.269 e. The number of nitrogens with one attached hydrogen (secondary N) is 2. The van der Waals surface area contributed by atoms with Gasteiger partial charge in [0.2, 0.25) is 5.91 Å². The number of nitrogens with zero attached hydrogens (tertiary/aromatic N) is 3. The van der Waals surface area contributed by atoms with E-state index in [1.807, 2.05) is 0 Å². The number of methoxy groups -OCH3 is 1. The van der Waals surface area contributed by atoms with E-state index >= 15 is 0 Å². The maximum atomic E-state index is 11.7. The van der Waals surface area contributed by atoms with Crippen molar-refractivity contribution in [3.05, 3.63) is 39.9 Å². The molecule has 0 aliphatic rings. The van der Waals surface area contributed by atoms with Crippen LogP contribution in [0.5, 0.6) is 0 Å². The minimum atomic E-state index is -0.440. The van der Waals surface area contributed by atoms with Crippen LogP contribution in [-0.2, 0) is 16.1 Å². The Kier molecular flexibility index (Phi) is 8.94. The normalized spacial score (nSPS) is 11.1. The van der Waals surface area contributed by atoms with E-state index in [0.717, 1.165) is 12.0 Å². The van der Waals surface area contributed by atoms with Crippen LogP contribution in [0, 0.1) is 10.1 Å². The number of hydrogen-bond donors (Lipinski definition) is 2. The van der Waals surface area contributed by atoms with Gasteiger partial charge in [-0.05, 0) is 12.0 Å². The lowest BCUT2D eigenvalue weighted by Crippen LogP contribution is -2.43. The first-order chi connectivity index (χ1) is 11.9. The van der Waals surface area contributed by atoms with Crippen LogP contribution >= 0.6 is 0 Å². The van der Waals surface area contributed by atoms with E-state index in [0.29, 0.717) is 25.7 Å². The predicted octanol–water partition coefficient (Wildman–Crippen LogP) is 0.755. The van der Waals surface area contributed by atoms with Gasteiger partial charge >= 0.3 is 0 Å². The fraction of sp³-hybridized carbons (Fsp3) is 0.500. The third kappa shape index (κ3) is 8.11. The lowest BCUT2D eigenvalue weighted by molar-refractivity contribution is -0.384. The van der Waals surface area contributed by atoms with Gasteiger partial charge in [-0.25, -0.2) is 4.99 Å². The van der Waals surface area contributed by atoms with Crippen molar-refractivity contribution < 1.29 is 14.5 Å². The predicted molar refractivity (Wildman–Crippen MR) is 95.4 cm³/mol. The number of non-ortho nitro benzene ring substituents is 1. The Balaban J connectivity index is 2.66. The lowest BCUT2D eigenvalue weighted by atomic mass is 10.2. The summed E-state index contributed by atoms with van der Waals surface area (Å²) in [7, 11) is 5.00. The van der Waals surface area contributed by atoms with Gasteiger partial charge in [-0.2, -0.15) is 0 Å². The molecule has 0 heterocycles. The van der Waals surface area contributed by atoms with Gasteiger partial charge in [0.1, 0.15) is 0 Å². The molecule has 0 aliphatic carbocycles. The molecule has 1 amide bonds. The van der Waals surface area contributed by atoms with Gasteiger partial charge in [0.05, 0.1) is 18.0 Å². The van der Waals surface area contributed by atoms with Crippen molar-refractivity contribution in [3.8, 4) is 0 Å². The summed E-state index contributed by atoms with van der Waals surface area (Å²) in [6, 6.07) is 6.21. The number of carbonyl (C=O) groups excluding carboxylic acids is 1. The molecule has 9 heteroatoms. The van der Waals surface area contributed by atoms with Gasteiger partial charge in [0.15, 0.2) is 5.96 Å². The summed E-state index contributed by atoms with van der Waals surface area (Å²) < 4.78 is 5.00. The first-order valence-electron chi connectivity index (χ1n) is 7.88. The van der Waals surface area contributed by atoms with Crippen molar-refractivity contribution in [3.63, 3.8) is 0 Å². The molecule has 0 unspecified atom stereocenters. The molecule has 0 atom stereocenters. The molecule has 0 spiro atoms. The zero-order valence-electron chi connectivity index (χ0n) is 14.8. The molecule has 1 aromatic rings.